The number of nitrogens with zero attached hydrogens (tertiary/aromatic N) is 1. The Hall–Kier alpha value is -1.85. The van der Waals surface area contributed by atoms with Crippen LogP contribution in [0.5, 0.6) is 0 Å². The zero-order chi connectivity index (χ0) is 11.4. The maximum atomic E-state index is 11.5. The summed E-state index contributed by atoms with van der Waals surface area (Å²) in [6.07, 6.45) is 1.12. The number of nitrogens with one attached hydrogen (secondary N) is 1. The van der Waals surface area contributed by atoms with Crippen LogP contribution in [0.4, 0.5) is 0 Å². The van der Waals surface area contributed by atoms with Crippen molar-refractivity contribution in [2.24, 2.45) is 0 Å². The highest BCUT2D eigenvalue weighted by atomic mass is 16.5. The van der Waals surface area contributed by atoms with Crippen molar-refractivity contribution in [2.45, 2.75) is 26.3 Å². The van der Waals surface area contributed by atoms with Gasteiger partial charge in [-0.15, -0.1) is 0 Å². The number of amides is 1. The van der Waals surface area contributed by atoms with Crippen LogP contribution in [-0.2, 0) is 4.79 Å². The number of hydrogen-bond donors (Lipinski definition) is 2. The molecule has 0 aliphatic heterocycles. The average Bonchev–Trinajstić information content (AvgIpc) is 2.49. The van der Waals surface area contributed by atoms with Crippen LogP contribution in [0.15, 0.2) is 10.8 Å². The summed E-state index contributed by atoms with van der Waals surface area (Å²) in [5, 5.41) is 14.6. The minimum Gasteiger partial charge on any atom is -0.481 e. The Morgan fingerprint density at radius 2 is 2.33 bits per heavy atom. The third kappa shape index (κ3) is 3.08. The van der Waals surface area contributed by atoms with Gasteiger partial charge in [0.05, 0.1) is 12.1 Å². The maximum absolute atomic E-state index is 11.5. The fourth-order valence-electron chi connectivity index (χ4n) is 1.12. The first-order valence-corrected chi connectivity index (χ1v) is 4.44. The van der Waals surface area contributed by atoms with Gasteiger partial charge in [0.25, 0.3) is 5.91 Å². The van der Waals surface area contributed by atoms with Gasteiger partial charge in [-0.1, -0.05) is 5.16 Å². The van der Waals surface area contributed by atoms with E-state index in [0.717, 1.165) is 0 Å². The highest BCUT2D eigenvalue weighted by Gasteiger charge is 2.16. The second-order valence-electron chi connectivity index (χ2n) is 3.29. The van der Waals surface area contributed by atoms with Gasteiger partial charge < -0.3 is 14.9 Å². The van der Waals surface area contributed by atoms with Gasteiger partial charge in [0, 0.05) is 6.04 Å². The Morgan fingerprint density at radius 3 is 2.80 bits per heavy atom. The van der Waals surface area contributed by atoms with Gasteiger partial charge in [0.1, 0.15) is 11.8 Å². The highest BCUT2D eigenvalue weighted by molar-refractivity contribution is 5.95. The molecule has 0 bridgehead atoms. The first kappa shape index (κ1) is 11.2. The number of aromatic nitrogens is 1. The monoisotopic (exact) mass is 212 g/mol. The Bertz CT molecular complexity index is 372. The van der Waals surface area contributed by atoms with Crippen LogP contribution in [0.1, 0.15) is 29.4 Å². The van der Waals surface area contributed by atoms with Gasteiger partial charge in [0.2, 0.25) is 0 Å². The van der Waals surface area contributed by atoms with Crippen molar-refractivity contribution in [3.63, 3.8) is 0 Å². The first-order valence-electron chi connectivity index (χ1n) is 4.44. The first-order chi connectivity index (χ1) is 7.00. The third-order valence-electron chi connectivity index (χ3n) is 1.85. The lowest BCUT2D eigenvalue weighted by atomic mass is 10.2. The standard InChI is InChI=1S/C9H12N2O4/c1-5(3-8(12)13)10-9(14)7-4-15-11-6(7)2/h4-5H,3H2,1-2H3,(H,10,14)(H,12,13). The van der Waals surface area contributed by atoms with E-state index in [4.69, 9.17) is 5.11 Å². The summed E-state index contributed by atoms with van der Waals surface area (Å²) >= 11 is 0. The van der Waals surface area contributed by atoms with Crippen molar-refractivity contribution in [2.75, 3.05) is 0 Å². The van der Waals surface area contributed by atoms with Crippen molar-refractivity contribution in [1.29, 1.82) is 0 Å². The molecule has 1 rings (SSSR count). The van der Waals surface area contributed by atoms with Crippen molar-refractivity contribution in [3.8, 4) is 0 Å². The number of carboxylic acid groups (broad SMARTS) is 1. The number of rotatable bonds is 4. The van der Waals surface area contributed by atoms with Gasteiger partial charge in [-0.25, -0.2) is 0 Å². The van der Waals surface area contributed by atoms with Gasteiger partial charge in [-0.2, -0.15) is 0 Å². The molecule has 0 fully saturated rings. The third-order valence-corrected chi connectivity index (χ3v) is 1.85. The molecule has 0 radical (unpaired) electrons. The molecule has 1 amide bonds. The number of carbonyl (C=O) groups excluding carboxylic acids is 1. The quantitative estimate of drug-likeness (QED) is 0.761. The molecule has 82 valence electrons. The van der Waals surface area contributed by atoms with Crippen LogP contribution in [-0.4, -0.2) is 28.2 Å². The Labute approximate surface area is 86.3 Å². The van der Waals surface area contributed by atoms with E-state index in [2.05, 4.69) is 15.0 Å². The zero-order valence-electron chi connectivity index (χ0n) is 8.48. The zero-order valence-corrected chi connectivity index (χ0v) is 8.48. The predicted octanol–water partition coefficient (Wildman–Crippen LogP) is 0.576. The normalized spacial score (nSPS) is 12.1. The minimum atomic E-state index is -0.954. The number of hydrogen-bond acceptors (Lipinski definition) is 4. The summed E-state index contributed by atoms with van der Waals surface area (Å²) in [6, 6.07) is -0.427. The van der Waals surface area contributed by atoms with E-state index in [0.29, 0.717) is 11.3 Å². The summed E-state index contributed by atoms with van der Waals surface area (Å²) in [7, 11) is 0. The van der Waals surface area contributed by atoms with E-state index in [1.54, 1.807) is 13.8 Å². The lowest BCUT2D eigenvalue weighted by Gasteiger charge is -2.10. The fraction of sp³-hybridized carbons (Fsp3) is 0.444. The molecule has 0 aliphatic rings. The summed E-state index contributed by atoms with van der Waals surface area (Å²) in [5.74, 6) is -1.33. The van der Waals surface area contributed by atoms with Gasteiger partial charge >= 0.3 is 5.97 Å². The number of aryl methyl sites for hydroxylation is 1. The fourth-order valence-corrected chi connectivity index (χ4v) is 1.12. The molecule has 6 nitrogen and oxygen atoms in total. The van der Waals surface area contributed by atoms with Crippen molar-refractivity contribution < 1.29 is 19.2 Å². The lowest BCUT2D eigenvalue weighted by molar-refractivity contribution is -0.137. The Kier molecular flexibility index (Phi) is 3.43. The molecule has 1 aromatic rings. The molecule has 0 spiro atoms. The van der Waals surface area contributed by atoms with Crippen molar-refractivity contribution in [3.05, 3.63) is 17.5 Å². The summed E-state index contributed by atoms with van der Waals surface area (Å²) in [5.41, 5.74) is 0.808. The molecule has 2 N–H and O–H groups in total. The van der Waals surface area contributed by atoms with Gasteiger partial charge in [-0.05, 0) is 13.8 Å². The molecular weight excluding hydrogens is 200 g/mol. The summed E-state index contributed by atoms with van der Waals surface area (Å²) in [6.45, 7) is 3.26. The SMILES string of the molecule is Cc1nocc1C(=O)NC(C)CC(=O)O. The molecule has 15 heavy (non-hydrogen) atoms. The number of carboxylic acids is 1. The summed E-state index contributed by atoms with van der Waals surface area (Å²) in [4.78, 5) is 21.9. The Balaban J connectivity index is 2.56. The second-order valence-corrected chi connectivity index (χ2v) is 3.29. The van der Waals surface area contributed by atoms with Crippen LogP contribution >= 0.6 is 0 Å². The average molecular weight is 212 g/mol. The van der Waals surface area contributed by atoms with Crippen molar-refractivity contribution in [1.82, 2.24) is 10.5 Å². The molecule has 0 saturated carbocycles. The molecular formula is C9H12N2O4. The van der Waals surface area contributed by atoms with E-state index in [1.165, 1.54) is 6.26 Å². The van der Waals surface area contributed by atoms with Crippen LogP contribution in [0.25, 0.3) is 0 Å². The van der Waals surface area contributed by atoms with E-state index in [-0.39, 0.29) is 12.3 Å². The topological polar surface area (TPSA) is 92.4 Å². The molecule has 1 unspecified atom stereocenters. The Morgan fingerprint density at radius 1 is 1.67 bits per heavy atom. The van der Waals surface area contributed by atoms with Crippen molar-refractivity contribution >= 4 is 11.9 Å². The van der Waals surface area contributed by atoms with E-state index in [1.807, 2.05) is 0 Å². The van der Waals surface area contributed by atoms with E-state index in [9.17, 15) is 9.59 Å². The lowest BCUT2D eigenvalue weighted by Crippen LogP contribution is -2.34. The summed E-state index contributed by atoms with van der Waals surface area (Å²) < 4.78 is 4.60. The highest BCUT2D eigenvalue weighted by Crippen LogP contribution is 2.05. The van der Waals surface area contributed by atoms with E-state index < -0.39 is 12.0 Å². The molecule has 0 aliphatic carbocycles. The van der Waals surface area contributed by atoms with Crippen LogP contribution in [0.3, 0.4) is 0 Å². The molecule has 0 aromatic carbocycles. The predicted molar refractivity (Wildman–Crippen MR) is 50.4 cm³/mol. The van der Waals surface area contributed by atoms with Crippen LogP contribution in [0, 0.1) is 6.92 Å². The smallest absolute Gasteiger partial charge is 0.305 e. The van der Waals surface area contributed by atoms with Crippen LogP contribution in [0.2, 0.25) is 0 Å². The van der Waals surface area contributed by atoms with E-state index >= 15 is 0 Å². The largest absolute Gasteiger partial charge is 0.481 e. The molecule has 1 aromatic heterocycles. The number of aliphatic carboxylic acids is 1. The minimum absolute atomic E-state index is 0.115. The molecule has 1 atom stereocenters. The molecule has 0 saturated heterocycles. The maximum Gasteiger partial charge on any atom is 0.305 e. The second kappa shape index (κ2) is 4.59. The molecule has 6 heteroatoms. The molecule has 1 heterocycles. The number of carbonyl (C=O) groups is 2. The van der Waals surface area contributed by atoms with Crippen LogP contribution < -0.4 is 5.32 Å². The van der Waals surface area contributed by atoms with Gasteiger partial charge in [-0.3, -0.25) is 9.59 Å². The van der Waals surface area contributed by atoms with Gasteiger partial charge in [0.15, 0.2) is 0 Å².